The van der Waals surface area contributed by atoms with Crippen molar-refractivity contribution in [2.75, 3.05) is 27.3 Å². The van der Waals surface area contributed by atoms with Crippen molar-refractivity contribution < 1.29 is 14.3 Å². The lowest BCUT2D eigenvalue weighted by molar-refractivity contribution is 0.0778. The Morgan fingerprint density at radius 2 is 1.89 bits per heavy atom. The fourth-order valence-corrected chi connectivity index (χ4v) is 1.80. The molecule has 1 aromatic rings. The lowest BCUT2D eigenvalue weighted by atomic mass is 10.1. The normalized spacial score (nSPS) is 9.89. The third-order valence-electron chi connectivity index (χ3n) is 2.76. The van der Waals surface area contributed by atoms with Gasteiger partial charge >= 0.3 is 0 Å². The Bertz CT molecular complexity index is 468. The molecule has 1 rings (SSSR count). The molecule has 0 radical (unpaired) electrons. The number of carbonyl (C=O) groups excluding carboxylic acids is 1. The smallest absolute Gasteiger partial charge is 0.254 e. The Morgan fingerprint density at radius 1 is 1.26 bits per heavy atom. The van der Waals surface area contributed by atoms with E-state index in [9.17, 15) is 4.79 Å². The maximum atomic E-state index is 12.4. The summed E-state index contributed by atoms with van der Waals surface area (Å²) >= 11 is 0. The number of methoxy groups -OCH3 is 2. The molecule has 0 unspecified atom stereocenters. The van der Waals surface area contributed by atoms with E-state index in [2.05, 4.69) is 6.58 Å². The molecule has 19 heavy (non-hydrogen) atoms. The maximum Gasteiger partial charge on any atom is 0.254 e. The van der Waals surface area contributed by atoms with Crippen LogP contribution in [-0.4, -0.2) is 38.1 Å². The fraction of sp³-hybridized carbons (Fsp3) is 0.400. The highest BCUT2D eigenvalue weighted by molar-refractivity contribution is 5.95. The second-order valence-corrected chi connectivity index (χ2v) is 4.35. The first-order valence-corrected chi connectivity index (χ1v) is 6.19. The maximum absolute atomic E-state index is 12.4. The fourth-order valence-electron chi connectivity index (χ4n) is 1.80. The summed E-state index contributed by atoms with van der Waals surface area (Å²) in [5.74, 6) is 1.13. The summed E-state index contributed by atoms with van der Waals surface area (Å²) < 4.78 is 10.4. The van der Waals surface area contributed by atoms with Crippen molar-refractivity contribution in [3.8, 4) is 11.5 Å². The van der Waals surface area contributed by atoms with E-state index in [-0.39, 0.29) is 5.91 Å². The second-order valence-electron chi connectivity index (χ2n) is 4.35. The Balaban J connectivity index is 3.01. The van der Waals surface area contributed by atoms with Gasteiger partial charge in [-0.05, 0) is 32.0 Å². The molecule has 1 amide bonds. The van der Waals surface area contributed by atoms with Gasteiger partial charge in [-0.25, -0.2) is 0 Å². The van der Waals surface area contributed by atoms with E-state index in [1.54, 1.807) is 37.3 Å². The van der Waals surface area contributed by atoms with Crippen LogP contribution in [0.25, 0.3) is 0 Å². The Kier molecular flexibility index (Phi) is 5.42. The molecule has 0 aliphatic rings. The van der Waals surface area contributed by atoms with Gasteiger partial charge < -0.3 is 14.4 Å². The highest BCUT2D eigenvalue weighted by Gasteiger charge is 2.16. The molecule has 4 nitrogen and oxygen atoms in total. The van der Waals surface area contributed by atoms with Crippen LogP contribution in [0, 0.1) is 0 Å². The minimum atomic E-state index is -0.0357. The van der Waals surface area contributed by atoms with Crippen LogP contribution in [0.4, 0.5) is 0 Å². The van der Waals surface area contributed by atoms with Gasteiger partial charge in [0.1, 0.15) is 0 Å². The van der Waals surface area contributed by atoms with Gasteiger partial charge in [0.15, 0.2) is 11.5 Å². The molecule has 0 saturated heterocycles. The number of nitrogens with zero attached hydrogens (tertiary/aromatic N) is 1. The van der Waals surface area contributed by atoms with E-state index in [4.69, 9.17) is 9.47 Å². The standard InChI is InChI=1S/C15H21NO3/c1-6-16(10-11(2)3)15(17)12-7-8-13(18-4)14(9-12)19-5/h7-9H,2,6,10H2,1,3-5H3. The Morgan fingerprint density at radius 3 is 2.37 bits per heavy atom. The van der Waals surface area contributed by atoms with E-state index < -0.39 is 0 Å². The monoisotopic (exact) mass is 263 g/mol. The predicted molar refractivity (Wildman–Crippen MR) is 75.9 cm³/mol. The average Bonchev–Trinajstić information content (AvgIpc) is 2.42. The van der Waals surface area contributed by atoms with Crippen molar-refractivity contribution in [3.05, 3.63) is 35.9 Å². The number of likely N-dealkylation sites (N-methyl/N-ethyl adjacent to an activating group) is 1. The van der Waals surface area contributed by atoms with Crippen LogP contribution in [0.2, 0.25) is 0 Å². The second kappa shape index (κ2) is 6.83. The van der Waals surface area contributed by atoms with Gasteiger partial charge in [0.25, 0.3) is 5.91 Å². The van der Waals surface area contributed by atoms with Crippen molar-refractivity contribution in [1.29, 1.82) is 0 Å². The average molecular weight is 263 g/mol. The number of ether oxygens (including phenoxy) is 2. The van der Waals surface area contributed by atoms with Crippen LogP contribution >= 0.6 is 0 Å². The molecule has 0 aromatic heterocycles. The van der Waals surface area contributed by atoms with Crippen molar-refractivity contribution in [3.63, 3.8) is 0 Å². The van der Waals surface area contributed by atoms with E-state index in [1.807, 2.05) is 13.8 Å². The molecule has 0 aliphatic carbocycles. The number of hydrogen-bond donors (Lipinski definition) is 0. The summed E-state index contributed by atoms with van der Waals surface area (Å²) in [5, 5.41) is 0. The molecule has 0 heterocycles. The minimum absolute atomic E-state index is 0.0357. The minimum Gasteiger partial charge on any atom is -0.493 e. The van der Waals surface area contributed by atoms with Gasteiger partial charge in [0.05, 0.1) is 14.2 Å². The van der Waals surface area contributed by atoms with Crippen LogP contribution in [-0.2, 0) is 0 Å². The van der Waals surface area contributed by atoms with Crippen molar-refractivity contribution in [2.24, 2.45) is 0 Å². The number of rotatable bonds is 6. The lowest BCUT2D eigenvalue weighted by Gasteiger charge is -2.21. The third-order valence-corrected chi connectivity index (χ3v) is 2.76. The van der Waals surface area contributed by atoms with Crippen LogP contribution in [0.1, 0.15) is 24.2 Å². The van der Waals surface area contributed by atoms with Crippen molar-refractivity contribution in [2.45, 2.75) is 13.8 Å². The van der Waals surface area contributed by atoms with Crippen molar-refractivity contribution in [1.82, 2.24) is 4.90 Å². The molecule has 0 atom stereocenters. The highest BCUT2D eigenvalue weighted by Crippen LogP contribution is 2.28. The summed E-state index contributed by atoms with van der Waals surface area (Å²) in [6.45, 7) is 8.89. The van der Waals surface area contributed by atoms with E-state index in [0.717, 1.165) is 5.57 Å². The topological polar surface area (TPSA) is 38.8 Å². The number of benzene rings is 1. The molecule has 0 bridgehead atoms. The number of hydrogen-bond acceptors (Lipinski definition) is 3. The molecule has 0 N–H and O–H groups in total. The molecule has 4 heteroatoms. The summed E-state index contributed by atoms with van der Waals surface area (Å²) in [6.07, 6.45) is 0. The van der Waals surface area contributed by atoms with Gasteiger partial charge in [-0.3, -0.25) is 4.79 Å². The summed E-state index contributed by atoms with van der Waals surface area (Å²) in [7, 11) is 3.12. The predicted octanol–water partition coefficient (Wildman–Crippen LogP) is 2.74. The van der Waals surface area contributed by atoms with E-state index >= 15 is 0 Å². The molecular formula is C15H21NO3. The zero-order valence-corrected chi connectivity index (χ0v) is 12.0. The summed E-state index contributed by atoms with van der Waals surface area (Å²) in [5.41, 5.74) is 1.54. The zero-order chi connectivity index (χ0) is 14.4. The van der Waals surface area contributed by atoms with Gasteiger partial charge in [0.2, 0.25) is 0 Å². The van der Waals surface area contributed by atoms with E-state index in [1.165, 1.54) is 0 Å². The Hall–Kier alpha value is -1.97. The van der Waals surface area contributed by atoms with Gasteiger partial charge in [-0.1, -0.05) is 12.2 Å². The molecule has 1 aromatic carbocycles. The summed E-state index contributed by atoms with van der Waals surface area (Å²) in [4.78, 5) is 14.1. The number of amides is 1. The first kappa shape index (κ1) is 15.1. The first-order chi connectivity index (χ1) is 9.03. The SMILES string of the molecule is C=C(C)CN(CC)C(=O)c1ccc(OC)c(OC)c1. The van der Waals surface area contributed by atoms with Crippen LogP contribution in [0.3, 0.4) is 0 Å². The van der Waals surface area contributed by atoms with Crippen LogP contribution < -0.4 is 9.47 Å². The zero-order valence-electron chi connectivity index (χ0n) is 12.0. The molecule has 104 valence electrons. The van der Waals surface area contributed by atoms with Gasteiger partial charge in [-0.2, -0.15) is 0 Å². The number of carbonyl (C=O) groups is 1. The Labute approximate surface area is 114 Å². The molecule has 0 fully saturated rings. The molecular weight excluding hydrogens is 242 g/mol. The molecule has 0 aliphatic heterocycles. The third kappa shape index (κ3) is 3.74. The first-order valence-electron chi connectivity index (χ1n) is 6.19. The van der Waals surface area contributed by atoms with Crippen molar-refractivity contribution >= 4 is 5.91 Å². The lowest BCUT2D eigenvalue weighted by Crippen LogP contribution is -2.32. The van der Waals surface area contributed by atoms with E-state index in [0.29, 0.717) is 30.2 Å². The molecule has 0 spiro atoms. The van der Waals surface area contributed by atoms with Crippen LogP contribution in [0.5, 0.6) is 11.5 Å². The van der Waals surface area contributed by atoms with Gasteiger partial charge in [0, 0.05) is 18.7 Å². The van der Waals surface area contributed by atoms with Crippen LogP contribution in [0.15, 0.2) is 30.4 Å². The highest BCUT2D eigenvalue weighted by atomic mass is 16.5. The quantitative estimate of drug-likeness (QED) is 0.741. The summed E-state index contributed by atoms with van der Waals surface area (Å²) in [6, 6.07) is 5.17. The van der Waals surface area contributed by atoms with Gasteiger partial charge in [-0.15, -0.1) is 0 Å². The largest absolute Gasteiger partial charge is 0.493 e. The molecule has 0 saturated carbocycles.